The molecule has 0 bridgehead atoms. The van der Waals surface area contributed by atoms with E-state index in [0.29, 0.717) is 19.4 Å². The molecular weight excluding hydrogens is 394 g/mol. The second-order valence-electron chi connectivity index (χ2n) is 7.02. The third kappa shape index (κ3) is 3.54. The quantitative estimate of drug-likeness (QED) is 0.740. The van der Waals surface area contributed by atoms with E-state index in [-0.39, 0.29) is 34.2 Å². The summed E-state index contributed by atoms with van der Waals surface area (Å²) < 4.78 is 27.0. The number of piperidine rings is 1. The highest BCUT2D eigenvalue weighted by molar-refractivity contribution is 7.89. The maximum atomic E-state index is 12.8. The van der Waals surface area contributed by atoms with Crippen LogP contribution in [0.2, 0.25) is 0 Å². The SMILES string of the molecule is O=C1NC(=O)c2c(NC(=O)C3CCCN(S(=O)(=O)c4ccccc4)C3)cccc21. The number of hydrogen-bond donors (Lipinski definition) is 2. The second kappa shape index (κ2) is 7.41. The second-order valence-corrected chi connectivity index (χ2v) is 8.95. The number of fused-ring (bicyclic) bond motifs is 1. The van der Waals surface area contributed by atoms with Gasteiger partial charge in [0.2, 0.25) is 15.9 Å². The molecule has 1 fully saturated rings. The smallest absolute Gasteiger partial charge is 0.261 e. The standard InChI is InChI=1S/C20H19N3O5S/c24-18(21-16-10-4-9-15-17(16)20(26)22-19(15)25)13-6-5-11-23(12-13)29(27,28)14-7-2-1-3-8-14/h1-4,7-10,13H,5-6,11-12H2,(H,21,24)(H,22,25,26). The number of benzene rings is 2. The minimum absolute atomic E-state index is 0.0587. The van der Waals surface area contributed by atoms with Crippen LogP contribution in [-0.4, -0.2) is 43.5 Å². The zero-order chi connectivity index (χ0) is 20.6. The maximum absolute atomic E-state index is 12.8. The average Bonchev–Trinajstić information content (AvgIpc) is 3.03. The lowest BCUT2D eigenvalue weighted by atomic mass is 9.98. The van der Waals surface area contributed by atoms with Crippen molar-refractivity contribution in [3.63, 3.8) is 0 Å². The highest BCUT2D eigenvalue weighted by Crippen LogP contribution is 2.27. The van der Waals surface area contributed by atoms with Crippen molar-refractivity contribution in [2.24, 2.45) is 5.92 Å². The van der Waals surface area contributed by atoms with Crippen molar-refractivity contribution in [3.05, 3.63) is 59.7 Å². The Balaban J connectivity index is 1.52. The highest BCUT2D eigenvalue weighted by atomic mass is 32.2. The van der Waals surface area contributed by atoms with Crippen LogP contribution in [0.1, 0.15) is 33.6 Å². The predicted molar refractivity (Wildman–Crippen MR) is 105 cm³/mol. The summed E-state index contributed by atoms with van der Waals surface area (Å²) in [7, 11) is -3.68. The van der Waals surface area contributed by atoms with Crippen LogP contribution in [0.15, 0.2) is 53.4 Å². The molecule has 1 atom stereocenters. The van der Waals surface area contributed by atoms with Gasteiger partial charge >= 0.3 is 0 Å². The predicted octanol–water partition coefficient (Wildman–Crippen LogP) is 1.61. The number of hydrogen-bond acceptors (Lipinski definition) is 5. The molecule has 2 N–H and O–H groups in total. The minimum atomic E-state index is -3.68. The molecule has 2 aliphatic rings. The van der Waals surface area contributed by atoms with E-state index >= 15 is 0 Å². The molecule has 2 heterocycles. The Morgan fingerprint density at radius 1 is 1.03 bits per heavy atom. The zero-order valence-electron chi connectivity index (χ0n) is 15.4. The van der Waals surface area contributed by atoms with Gasteiger partial charge in [-0.25, -0.2) is 8.42 Å². The van der Waals surface area contributed by atoms with Crippen LogP contribution in [0.4, 0.5) is 5.69 Å². The van der Waals surface area contributed by atoms with E-state index in [1.165, 1.54) is 22.5 Å². The number of nitrogens with zero attached hydrogens (tertiary/aromatic N) is 1. The average molecular weight is 413 g/mol. The molecule has 0 saturated carbocycles. The van der Waals surface area contributed by atoms with Crippen LogP contribution in [0.3, 0.4) is 0 Å². The molecular formula is C20H19N3O5S. The van der Waals surface area contributed by atoms with Gasteiger partial charge in [-0.2, -0.15) is 4.31 Å². The molecule has 29 heavy (non-hydrogen) atoms. The molecule has 0 radical (unpaired) electrons. The number of carbonyl (C=O) groups excluding carboxylic acids is 3. The van der Waals surface area contributed by atoms with E-state index in [0.717, 1.165) is 0 Å². The van der Waals surface area contributed by atoms with Crippen LogP contribution >= 0.6 is 0 Å². The van der Waals surface area contributed by atoms with E-state index in [4.69, 9.17) is 0 Å². The summed E-state index contributed by atoms with van der Waals surface area (Å²) >= 11 is 0. The van der Waals surface area contributed by atoms with Crippen LogP contribution in [0, 0.1) is 5.92 Å². The first-order valence-corrected chi connectivity index (χ1v) is 10.7. The Hall–Kier alpha value is -3.04. The molecule has 8 nitrogen and oxygen atoms in total. The number of anilines is 1. The number of rotatable bonds is 4. The van der Waals surface area contributed by atoms with Gasteiger partial charge in [-0.1, -0.05) is 24.3 Å². The fourth-order valence-electron chi connectivity index (χ4n) is 3.67. The van der Waals surface area contributed by atoms with Gasteiger partial charge in [0.25, 0.3) is 11.8 Å². The van der Waals surface area contributed by atoms with Crippen molar-refractivity contribution in [1.82, 2.24) is 9.62 Å². The summed E-state index contributed by atoms with van der Waals surface area (Å²) in [5, 5.41) is 4.91. The van der Waals surface area contributed by atoms with Crippen LogP contribution < -0.4 is 10.6 Å². The highest BCUT2D eigenvalue weighted by Gasteiger charge is 2.35. The Kier molecular flexibility index (Phi) is 4.93. The van der Waals surface area contributed by atoms with Gasteiger partial charge in [0.15, 0.2) is 0 Å². The van der Waals surface area contributed by atoms with Crippen molar-refractivity contribution < 1.29 is 22.8 Å². The lowest BCUT2D eigenvalue weighted by Gasteiger charge is -2.31. The fraction of sp³-hybridized carbons (Fsp3) is 0.250. The summed E-state index contributed by atoms with van der Waals surface area (Å²) in [4.78, 5) is 36.8. The molecule has 1 saturated heterocycles. The van der Waals surface area contributed by atoms with Gasteiger partial charge in [0.05, 0.1) is 27.6 Å². The van der Waals surface area contributed by atoms with Crippen molar-refractivity contribution >= 4 is 33.4 Å². The van der Waals surface area contributed by atoms with E-state index in [2.05, 4.69) is 10.6 Å². The maximum Gasteiger partial charge on any atom is 0.261 e. The van der Waals surface area contributed by atoms with Crippen molar-refractivity contribution in [1.29, 1.82) is 0 Å². The first-order chi connectivity index (χ1) is 13.9. The molecule has 150 valence electrons. The summed E-state index contributed by atoms with van der Waals surface area (Å²) in [5.74, 6) is -1.99. The summed E-state index contributed by atoms with van der Waals surface area (Å²) in [6.45, 7) is 0.405. The van der Waals surface area contributed by atoms with Crippen LogP contribution in [0.5, 0.6) is 0 Å². The number of amides is 3. The number of carbonyl (C=O) groups is 3. The Labute approximate surface area is 168 Å². The van der Waals surface area contributed by atoms with E-state index < -0.39 is 27.8 Å². The van der Waals surface area contributed by atoms with Gasteiger partial charge in [-0.05, 0) is 37.1 Å². The third-order valence-corrected chi connectivity index (χ3v) is 7.04. The lowest BCUT2D eigenvalue weighted by Crippen LogP contribution is -2.43. The summed E-state index contributed by atoms with van der Waals surface area (Å²) in [5.41, 5.74) is 0.596. The largest absolute Gasteiger partial charge is 0.325 e. The minimum Gasteiger partial charge on any atom is -0.325 e. The summed E-state index contributed by atoms with van der Waals surface area (Å²) in [6.07, 6.45) is 1.09. The first-order valence-electron chi connectivity index (χ1n) is 9.22. The van der Waals surface area contributed by atoms with Crippen LogP contribution in [-0.2, 0) is 14.8 Å². The van der Waals surface area contributed by atoms with Crippen molar-refractivity contribution in [2.45, 2.75) is 17.7 Å². The van der Waals surface area contributed by atoms with E-state index in [1.54, 1.807) is 30.3 Å². The van der Waals surface area contributed by atoms with Gasteiger partial charge in [0.1, 0.15) is 0 Å². The number of imide groups is 1. The molecule has 2 aromatic carbocycles. The monoisotopic (exact) mass is 413 g/mol. The zero-order valence-corrected chi connectivity index (χ0v) is 16.2. The molecule has 9 heteroatoms. The van der Waals surface area contributed by atoms with Crippen LogP contribution in [0.25, 0.3) is 0 Å². The first kappa shape index (κ1) is 19.3. The van der Waals surface area contributed by atoms with Gasteiger partial charge in [0, 0.05) is 13.1 Å². The van der Waals surface area contributed by atoms with Gasteiger partial charge < -0.3 is 5.32 Å². The molecule has 2 aromatic rings. The van der Waals surface area contributed by atoms with Crippen molar-refractivity contribution in [2.75, 3.05) is 18.4 Å². The Bertz CT molecular complexity index is 1100. The molecule has 0 spiro atoms. The molecule has 0 aromatic heterocycles. The number of sulfonamides is 1. The summed E-state index contributed by atoms with van der Waals surface area (Å²) in [6, 6.07) is 12.8. The molecule has 4 rings (SSSR count). The van der Waals surface area contributed by atoms with E-state index in [1.807, 2.05) is 0 Å². The topological polar surface area (TPSA) is 113 Å². The molecule has 1 unspecified atom stereocenters. The normalized spacial score (nSPS) is 19.5. The molecule has 0 aliphatic carbocycles. The molecule has 2 aliphatic heterocycles. The van der Waals surface area contributed by atoms with Gasteiger partial charge in [-0.3, -0.25) is 19.7 Å². The lowest BCUT2D eigenvalue weighted by molar-refractivity contribution is -0.120. The molecule has 3 amide bonds. The Morgan fingerprint density at radius 3 is 2.55 bits per heavy atom. The van der Waals surface area contributed by atoms with Crippen molar-refractivity contribution in [3.8, 4) is 0 Å². The van der Waals surface area contributed by atoms with E-state index in [9.17, 15) is 22.8 Å². The number of nitrogens with one attached hydrogen (secondary N) is 2. The van der Waals surface area contributed by atoms with Gasteiger partial charge in [-0.15, -0.1) is 0 Å². The fourth-order valence-corrected chi connectivity index (χ4v) is 5.22. The third-order valence-electron chi connectivity index (χ3n) is 5.16. The Morgan fingerprint density at radius 2 is 1.79 bits per heavy atom.